The summed E-state index contributed by atoms with van der Waals surface area (Å²) in [6.45, 7) is 14.4. The lowest BCUT2D eigenvalue weighted by atomic mass is 9.96. The predicted molar refractivity (Wildman–Crippen MR) is 90.9 cm³/mol. The van der Waals surface area contributed by atoms with Crippen molar-refractivity contribution in [2.75, 3.05) is 0 Å². The summed E-state index contributed by atoms with van der Waals surface area (Å²) in [7, 11) is -2.17. The minimum Gasteiger partial charge on any atom is -0.543 e. The number of hydrogen-bond acceptors (Lipinski definition) is 3. The van der Waals surface area contributed by atoms with Crippen molar-refractivity contribution in [1.29, 1.82) is 0 Å². The maximum absolute atomic E-state index is 13.3. The lowest BCUT2D eigenvalue weighted by molar-refractivity contribution is -0.166. The normalized spacial score (nSPS) is 17.3. The van der Waals surface area contributed by atoms with Crippen LogP contribution in [-0.2, 0) is 5.66 Å². The van der Waals surface area contributed by atoms with E-state index in [0.717, 1.165) is 5.56 Å². The van der Waals surface area contributed by atoms with Gasteiger partial charge in [0.2, 0.25) is 8.32 Å². The molecule has 3 nitrogen and oxygen atoms in total. The molecule has 0 aromatic heterocycles. The van der Waals surface area contributed by atoms with Gasteiger partial charge in [-0.3, -0.25) is 0 Å². The smallest absolute Gasteiger partial charge is 0.442 e. The van der Waals surface area contributed by atoms with Gasteiger partial charge in [-0.1, -0.05) is 46.8 Å². The molecule has 0 aliphatic carbocycles. The lowest BCUT2D eigenvalue weighted by Crippen LogP contribution is -2.44. The zero-order chi connectivity index (χ0) is 18.6. The number of halogens is 3. The summed E-state index contributed by atoms with van der Waals surface area (Å²) in [6, 6.07) is 4.64. The second-order valence-corrected chi connectivity index (χ2v) is 12.9. The molecule has 2 rings (SSSR count). The summed E-state index contributed by atoms with van der Waals surface area (Å²) in [5.74, 6) is 0.670. The van der Waals surface area contributed by atoms with Crippen LogP contribution in [0.1, 0.15) is 51.7 Å². The van der Waals surface area contributed by atoms with Crippen LogP contribution in [-0.4, -0.2) is 14.5 Å². The summed E-state index contributed by atoms with van der Waals surface area (Å²) >= 11 is 0. The molecule has 7 heteroatoms. The maximum atomic E-state index is 13.3. The molecule has 1 heterocycles. The van der Waals surface area contributed by atoms with Gasteiger partial charge < -0.3 is 4.43 Å². The van der Waals surface area contributed by atoms with Crippen LogP contribution < -0.4 is 4.43 Å². The quantitative estimate of drug-likeness (QED) is 0.575. The summed E-state index contributed by atoms with van der Waals surface area (Å²) in [5.41, 5.74) is -1.48. The summed E-state index contributed by atoms with van der Waals surface area (Å²) in [6.07, 6.45) is -4.53. The second-order valence-electron chi connectivity index (χ2n) is 8.14. The van der Waals surface area contributed by atoms with Gasteiger partial charge in [-0.05, 0) is 35.7 Å². The molecule has 134 valence electrons. The van der Waals surface area contributed by atoms with Gasteiger partial charge in [-0.2, -0.15) is 13.2 Å². The van der Waals surface area contributed by atoms with Gasteiger partial charge in [-0.25, -0.2) is 0 Å². The molecule has 0 bridgehead atoms. The van der Waals surface area contributed by atoms with Crippen molar-refractivity contribution in [3.05, 3.63) is 29.3 Å². The Morgan fingerprint density at radius 3 is 2.00 bits per heavy atom. The SMILES string of the molecule is CC(C)c1ccc(C2(C(F)(F)F)N=N2)cc1O[Si](C)(C)C(C)(C)C. The third kappa shape index (κ3) is 3.23. The van der Waals surface area contributed by atoms with Crippen LogP contribution in [0.5, 0.6) is 5.75 Å². The van der Waals surface area contributed by atoms with E-state index in [0.29, 0.717) is 5.75 Å². The Hall–Kier alpha value is -1.37. The van der Waals surface area contributed by atoms with E-state index in [1.54, 1.807) is 6.07 Å². The highest BCUT2D eigenvalue weighted by atomic mass is 28.4. The molecule has 0 saturated heterocycles. The minimum atomic E-state index is -4.53. The summed E-state index contributed by atoms with van der Waals surface area (Å²) in [5, 5.41) is 6.54. The van der Waals surface area contributed by atoms with Gasteiger partial charge in [0, 0.05) is 5.56 Å². The molecule has 24 heavy (non-hydrogen) atoms. The molecule has 0 spiro atoms. The van der Waals surface area contributed by atoms with Crippen LogP contribution >= 0.6 is 0 Å². The molecule has 0 saturated carbocycles. The molecule has 0 atom stereocenters. The van der Waals surface area contributed by atoms with Gasteiger partial charge in [-0.15, -0.1) is 10.2 Å². The molecule has 1 aromatic carbocycles. The number of hydrogen-bond donors (Lipinski definition) is 0. The van der Waals surface area contributed by atoms with Crippen molar-refractivity contribution in [3.8, 4) is 5.75 Å². The highest BCUT2D eigenvalue weighted by molar-refractivity contribution is 6.74. The van der Waals surface area contributed by atoms with E-state index >= 15 is 0 Å². The van der Waals surface area contributed by atoms with Crippen molar-refractivity contribution >= 4 is 8.32 Å². The van der Waals surface area contributed by atoms with Crippen LogP contribution in [0.25, 0.3) is 0 Å². The van der Waals surface area contributed by atoms with Crippen molar-refractivity contribution in [2.45, 2.75) is 70.5 Å². The number of benzene rings is 1. The van der Waals surface area contributed by atoms with Crippen LogP contribution in [0.2, 0.25) is 18.1 Å². The first-order valence-electron chi connectivity index (χ1n) is 8.05. The van der Waals surface area contributed by atoms with E-state index in [-0.39, 0.29) is 16.5 Å². The first kappa shape index (κ1) is 19.0. The first-order valence-corrected chi connectivity index (χ1v) is 11.0. The van der Waals surface area contributed by atoms with E-state index in [9.17, 15) is 13.2 Å². The van der Waals surface area contributed by atoms with E-state index in [4.69, 9.17) is 4.43 Å². The van der Waals surface area contributed by atoms with Crippen LogP contribution in [0, 0.1) is 0 Å². The highest BCUT2D eigenvalue weighted by Gasteiger charge is 2.65. The van der Waals surface area contributed by atoms with Crippen molar-refractivity contribution in [3.63, 3.8) is 0 Å². The summed E-state index contributed by atoms with van der Waals surface area (Å²) in [4.78, 5) is 0. The first-order chi connectivity index (χ1) is 10.7. The van der Waals surface area contributed by atoms with E-state index in [1.165, 1.54) is 12.1 Å². The third-order valence-corrected chi connectivity index (χ3v) is 9.25. The van der Waals surface area contributed by atoms with Crippen molar-refractivity contribution < 1.29 is 17.6 Å². The fourth-order valence-corrected chi connectivity index (χ4v) is 3.22. The zero-order valence-corrected chi connectivity index (χ0v) is 16.2. The van der Waals surface area contributed by atoms with Gasteiger partial charge >= 0.3 is 11.8 Å². The van der Waals surface area contributed by atoms with Crippen molar-refractivity contribution in [2.24, 2.45) is 10.2 Å². The lowest BCUT2D eigenvalue weighted by Gasteiger charge is -2.37. The van der Waals surface area contributed by atoms with Crippen LogP contribution in [0.4, 0.5) is 13.2 Å². The Morgan fingerprint density at radius 1 is 1.08 bits per heavy atom. The Kier molecular flexibility index (Phi) is 4.40. The second kappa shape index (κ2) is 5.57. The Bertz CT molecular complexity index is 655. The molecule has 1 aromatic rings. The van der Waals surface area contributed by atoms with Crippen molar-refractivity contribution in [1.82, 2.24) is 0 Å². The third-order valence-electron chi connectivity index (χ3n) is 4.90. The van der Waals surface area contributed by atoms with Gasteiger partial charge in [0.15, 0.2) is 0 Å². The van der Waals surface area contributed by atoms with Gasteiger partial charge in [0.25, 0.3) is 0 Å². The number of nitrogens with zero attached hydrogens (tertiary/aromatic N) is 2. The number of alkyl halides is 3. The van der Waals surface area contributed by atoms with E-state index in [1.807, 2.05) is 13.8 Å². The molecule has 0 N–H and O–H groups in total. The average Bonchev–Trinajstić information content (AvgIpc) is 3.16. The van der Waals surface area contributed by atoms with Crippen LogP contribution in [0.15, 0.2) is 28.4 Å². The molecule has 0 amide bonds. The minimum absolute atomic E-state index is 0.0214. The monoisotopic (exact) mass is 358 g/mol. The molecule has 0 radical (unpaired) electrons. The Labute approximate surface area is 142 Å². The number of rotatable bonds is 4. The maximum Gasteiger partial charge on any atom is 0.442 e. The highest BCUT2D eigenvalue weighted by Crippen LogP contribution is 2.53. The largest absolute Gasteiger partial charge is 0.543 e. The molecular weight excluding hydrogens is 333 g/mol. The predicted octanol–water partition coefficient (Wildman–Crippen LogP) is 6.37. The molecule has 1 aliphatic heterocycles. The van der Waals surface area contributed by atoms with E-state index in [2.05, 4.69) is 44.1 Å². The van der Waals surface area contributed by atoms with Gasteiger partial charge in [0.05, 0.1) is 0 Å². The topological polar surface area (TPSA) is 34.0 Å². The average molecular weight is 358 g/mol. The van der Waals surface area contributed by atoms with E-state index < -0.39 is 20.2 Å². The Morgan fingerprint density at radius 2 is 1.62 bits per heavy atom. The zero-order valence-electron chi connectivity index (χ0n) is 15.2. The summed E-state index contributed by atoms with van der Waals surface area (Å²) < 4.78 is 46.2. The van der Waals surface area contributed by atoms with Gasteiger partial charge in [0.1, 0.15) is 5.75 Å². The Balaban J connectivity index is 2.48. The molecular formula is C17H25F3N2OSi. The standard InChI is InChI=1S/C17H25F3N2OSi/c1-11(2)13-9-8-12(16(21-22-16)17(18,19)20)10-14(13)23-24(6,7)15(3,4)5/h8-11H,1-7H3. The molecule has 1 aliphatic rings. The fourth-order valence-electron chi connectivity index (χ4n) is 2.19. The van der Waals surface area contributed by atoms with Crippen LogP contribution in [0.3, 0.4) is 0 Å². The fraction of sp³-hybridized carbons (Fsp3) is 0.647. The molecule has 0 unspecified atom stereocenters. The molecule has 0 fully saturated rings.